The molecule has 2 aromatic heterocycles. The number of fused-ring (bicyclic) bond motifs is 1. The minimum Gasteiger partial charge on any atom is -0.355 e. The van der Waals surface area contributed by atoms with Crippen LogP contribution in [-0.2, 0) is 6.18 Å². The zero-order chi connectivity index (χ0) is 16.8. The summed E-state index contributed by atoms with van der Waals surface area (Å²) in [5, 5.41) is 11.0. The average molecular weight is 339 g/mol. The number of aromatic nitrogens is 4. The van der Waals surface area contributed by atoms with E-state index < -0.39 is 12.0 Å². The Morgan fingerprint density at radius 2 is 1.71 bits per heavy atom. The van der Waals surface area contributed by atoms with Gasteiger partial charge in [0.2, 0.25) is 0 Å². The molecule has 4 rings (SSSR count). The van der Waals surface area contributed by atoms with Crippen LogP contribution in [0, 0.1) is 5.41 Å². The maximum absolute atomic E-state index is 13.0. The number of nitrogens with zero attached hydrogens (tertiary/aromatic N) is 5. The molecule has 3 heterocycles. The molecule has 5 nitrogen and oxygen atoms in total. The van der Waals surface area contributed by atoms with Crippen molar-refractivity contribution in [2.24, 2.45) is 5.41 Å². The van der Waals surface area contributed by atoms with Gasteiger partial charge in [-0.15, -0.1) is 15.3 Å². The van der Waals surface area contributed by atoms with E-state index in [9.17, 15) is 13.2 Å². The molecule has 2 aromatic rings. The first-order chi connectivity index (χ1) is 11.5. The highest BCUT2D eigenvalue weighted by atomic mass is 19.4. The molecule has 0 radical (unpaired) electrons. The number of anilines is 1. The summed E-state index contributed by atoms with van der Waals surface area (Å²) in [6, 6.07) is 3.31. The van der Waals surface area contributed by atoms with Crippen molar-refractivity contribution in [2.75, 3.05) is 18.0 Å². The van der Waals surface area contributed by atoms with E-state index in [-0.39, 0.29) is 5.65 Å². The summed E-state index contributed by atoms with van der Waals surface area (Å²) < 4.78 is 39.9. The SMILES string of the molecule is FC(F)(F)c1nnc2ccc(N3CCC4(CCCCCC4)C3)nn12. The van der Waals surface area contributed by atoms with E-state index >= 15 is 0 Å². The fourth-order valence-electron chi connectivity index (χ4n) is 4.14. The van der Waals surface area contributed by atoms with Crippen LogP contribution in [0.4, 0.5) is 19.0 Å². The molecule has 0 N–H and O–H groups in total. The molecule has 1 spiro atoms. The van der Waals surface area contributed by atoms with Gasteiger partial charge < -0.3 is 4.90 Å². The summed E-state index contributed by atoms with van der Waals surface area (Å²) in [4.78, 5) is 2.12. The predicted octanol–water partition coefficient (Wildman–Crippen LogP) is 3.69. The summed E-state index contributed by atoms with van der Waals surface area (Å²) in [6.07, 6.45) is 4.06. The van der Waals surface area contributed by atoms with Crippen LogP contribution in [0.3, 0.4) is 0 Å². The van der Waals surface area contributed by atoms with Gasteiger partial charge in [0.25, 0.3) is 5.82 Å². The van der Waals surface area contributed by atoms with Gasteiger partial charge in [-0.3, -0.25) is 0 Å². The van der Waals surface area contributed by atoms with Gasteiger partial charge >= 0.3 is 6.18 Å². The second kappa shape index (κ2) is 5.60. The van der Waals surface area contributed by atoms with Crippen LogP contribution in [0.5, 0.6) is 0 Å². The normalized spacial score (nSPS) is 21.5. The maximum Gasteiger partial charge on any atom is 0.453 e. The number of alkyl halides is 3. The number of hydrogen-bond acceptors (Lipinski definition) is 4. The lowest BCUT2D eigenvalue weighted by atomic mass is 9.80. The van der Waals surface area contributed by atoms with Gasteiger partial charge in [-0.25, -0.2) is 0 Å². The molecule has 0 aromatic carbocycles. The second-order valence-electron chi connectivity index (χ2n) is 7.07. The minimum absolute atomic E-state index is 0.120. The third kappa shape index (κ3) is 2.71. The van der Waals surface area contributed by atoms with Gasteiger partial charge in [-0.1, -0.05) is 25.7 Å². The van der Waals surface area contributed by atoms with Crippen LogP contribution in [0.2, 0.25) is 0 Å². The number of halogens is 3. The topological polar surface area (TPSA) is 46.3 Å². The van der Waals surface area contributed by atoms with Crippen molar-refractivity contribution < 1.29 is 13.2 Å². The Morgan fingerprint density at radius 1 is 0.958 bits per heavy atom. The Balaban J connectivity index is 1.63. The molecule has 130 valence electrons. The molecule has 2 fully saturated rings. The van der Waals surface area contributed by atoms with Crippen LogP contribution in [0.1, 0.15) is 50.8 Å². The first-order valence-corrected chi connectivity index (χ1v) is 8.52. The molecule has 1 saturated heterocycles. The van der Waals surface area contributed by atoms with E-state index in [1.807, 2.05) is 0 Å². The largest absolute Gasteiger partial charge is 0.453 e. The molecular weight excluding hydrogens is 319 g/mol. The van der Waals surface area contributed by atoms with E-state index in [1.165, 1.54) is 38.5 Å². The molecule has 1 aliphatic carbocycles. The number of rotatable bonds is 1. The summed E-state index contributed by atoms with van der Waals surface area (Å²) in [5.41, 5.74) is 0.433. The molecular formula is C16H20F3N5. The third-order valence-electron chi connectivity index (χ3n) is 5.43. The standard InChI is InChI=1S/C16H20F3N5/c17-16(18,19)14-21-20-12-5-6-13(22-24(12)14)23-10-9-15(11-23)7-3-1-2-4-8-15/h5-6H,1-4,7-11H2. The smallest absolute Gasteiger partial charge is 0.355 e. The van der Waals surface area contributed by atoms with Crippen LogP contribution in [-0.4, -0.2) is 32.9 Å². The van der Waals surface area contributed by atoms with Crippen molar-refractivity contribution >= 4 is 11.5 Å². The van der Waals surface area contributed by atoms with E-state index in [1.54, 1.807) is 12.1 Å². The van der Waals surface area contributed by atoms with E-state index in [0.29, 0.717) is 11.2 Å². The minimum atomic E-state index is -4.56. The lowest BCUT2D eigenvalue weighted by Crippen LogP contribution is -2.28. The zero-order valence-corrected chi connectivity index (χ0v) is 13.4. The molecule has 0 bridgehead atoms. The Kier molecular flexibility index (Phi) is 3.65. The Hall–Kier alpha value is -1.86. The van der Waals surface area contributed by atoms with Crippen LogP contribution < -0.4 is 4.90 Å². The Bertz CT molecular complexity index is 731. The molecule has 1 aliphatic heterocycles. The lowest BCUT2D eigenvalue weighted by Gasteiger charge is -2.28. The lowest BCUT2D eigenvalue weighted by molar-refractivity contribution is -0.146. The van der Waals surface area contributed by atoms with Gasteiger partial charge in [-0.2, -0.15) is 17.7 Å². The van der Waals surface area contributed by atoms with Crippen molar-refractivity contribution in [1.29, 1.82) is 0 Å². The third-order valence-corrected chi connectivity index (χ3v) is 5.43. The average Bonchev–Trinajstić information content (AvgIpc) is 3.07. The van der Waals surface area contributed by atoms with Crippen LogP contribution in [0.25, 0.3) is 5.65 Å². The maximum atomic E-state index is 13.0. The first kappa shape index (κ1) is 15.7. The summed E-state index contributed by atoms with van der Waals surface area (Å²) in [5.74, 6) is -0.489. The molecule has 24 heavy (non-hydrogen) atoms. The van der Waals surface area contributed by atoms with Crippen LogP contribution >= 0.6 is 0 Å². The van der Waals surface area contributed by atoms with Gasteiger partial charge in [-0.05, 0) is 36.8 Å². The highest BCUT2D eigenvalue weighted by Gasteiger charge is 2.40. The molecule has 1 saturated carbocycles. The number of hydrogen-bond donors (Lipinski definition) is 0. The highest BCUT2D eigenvalue weighted by Crippen LogP contribution is 2.43. The van der Waals surface area contributed by atoms with Crippen LogP contribution in [0.15, 0.2) is 12.1 Å². The van der Waals surface area contributed by atoms with E-state index in [0.717, 1.165) is 24.0 Å². The van der Waals surface area contributed by atoms with E-state index in [2.05, 4.69) is 20.2 Å². The monoisotopic (exact) mass is 339 g/mol. The van der Waals surface area contributed by atoms with Gasteiger partial charge in [0.15, 0.2) is 5.65 Å². The van der Waals surface area contributed by atoms with Crippen molar-refractivity contribution in [3.05, 3.63) is 18.0 Å². The van der Waals surface area contributed by atoms with Crippen molar-refractivity contribution in [3.8, 4) is 0 Å². The molecule has 0 atom stereocenters. The molecule has 8 heteroatoms. The Morgan fingerprint density at radius 3 is 2.42 bits per heavy atom. The first-order valence-electron chi connectivity index (χ1n) is 8.52. The molecule has 0 unspecified atom stereocenters. The van der Waals surface area contributed by atoms with Crippen molar-refractivity contribution in [3.63, 3.8) is 0 Å². The van der Waals surface area contributed by atoms with Gasteiger partial charge in [0, 0.05) is 13.1 Å². The predicted molar refractivity (Wildman–Crippen MR) is 82.7 cm³/mol. The fraction of sp³-hybridized carbons (Fsp3) is 0.688. The summed E-state index contributed by atoms with van der Waals surface area (Å²) in [7, 11) is 0. The van der Waals surface area contributed by atoms with Crippen molar-refractivity contribution in [2.45, 2.75) is 51.1 Å². The fourth-order valence-corrected chi connectivity index (χ4v) is 4.14. The van der Waals surface area contributed by atoms with Crippen molar-refractivity contribution in [1.82, 2.24) is 19.8 Å². The second-order valence-corrected chi connectivity index (χ2v) is 7.07. The van der Waals surface area contributed by atoms with Gasteiger partial charge in [0.1, 0.15) is 5.82 Å². The highest BCUT2D eigenvalue weighted by molar-refractivity contribution is 5.47. The zero-order valence-electron chi connectivity index (χ0n) is 13.4. The summed E-state index contributed by atoms with van der Waals surface area (Å²) >= 11 is 0. The van der Waals surface area contributed by atoms with Gasteiger partial charge in [0.05, 0.1) is 0 Å². The quantitative estimate of drug-likeness (QED) is 0.795. The van der Waals surface area contributed by atoms with E-state index in [4.69, 9.17) is 0 Å². The molecule has 0 amide bonds. The molecule has 2 aliphatic rings. The Labute approximate surface area is 137 Å². The summed E-state index contributed by atoms with van der Waals surface area (Å²) in [6.45, 7) is 1.73.